The number of pyridine rings is 1. The van der Waals surface area contributed by atoms with Gasteiger partial charge < -0.3 is 14.8 Å². The molecule has 0 aliphatic heterocycles. The Kier molecular flexibility index (Phi) is 7.64. The van der Waals surface area contributed by atoms with Crippen molar-refractivity contribution in [3.8, 4) is 0 Å². The Hall–Kier alpha value is -2.48. The maximum atomic E-state index is 13.2. The van der Waals surface area contributed by atoms with Gasteiger partial charge >= 0.3 is 0 Å². The zero-order valence-electron chi connectivity index (χ0n) is 18.8. The van der Waals surface area contributed by atoms with Gasteiger partial charge in [-0.05, 0) is 33.6 Å². The van der Waals surface area contributed by atoms with E-state index in [0.717, 1.165) is 30.7 Å². The van der Waals surface area contributed by atoms with Gasteiger partial charge in [0.1, 0.15) is 16.1 Å². The van der Waals surface area contributed by atoms with Crippen molar-refractivity contribution >= 4 is 23.2 Å². The number of hydrogen-bond donors (Lipinski definition) is 1. The highest BCUT2D eigenvalue weighted by Crippen LogP contribution is 2.22. The van der Waals surface area contributed by atoms with E-state index in [1.165, 1.54) is 29.1 Å². The second kappa shape index (κ2) is 10.2. The number of carbonyl (C=O) groups is 2. The maximum Gasteiger partial charge on any atom is 0.259 e. The van der Waals surface area contributed by atoms with E-state index in [-0.39, 0.29) is 29.3 Å². The number of amides is 2. The summed E-state index contributed by atoms with van der Waals surface area (Å²) in [5.41, 5.74) is -0.488. The molecule has 0 saturated heterocycles. The lowest BCUT2D eigenvalue weighted by Gasteiger charge is -2.24. The Bertz CT molecular complexity index is 960. The van der Waals surface area contributed by atoms with Crippen LogP contribution in [0.3, 0.4) is 0 Å². The molecule has 3 rings (SSSR count). The third-order valence-corrected chi connectivity index (χ3v) is 6.96. The highest BCUT2D eigenvalue weighted by molar-refractivity contribution is 7.09. The van der Waals surface area contributed by atoms with Gasteiger partial charge in [-0.15, -0.1) is 11.3 Å². The number of carbonyl (C=O) groups excluding carboxylic acids is 2. The van der Waals surface area contributed by atoms with Gasteiger partial charge in [-0.25, -0.2) is 4.98 Å². The first-order valence-corrected chi connectivity index (χ1v) is 11.9. The van der Waals surface area contributed by atoms with Gasteiger partial charge in [-0.2, -0.15) is 0 Å². The molecule has 1 atom stereocenters. The van der Waals surface area contributed by atoms with Crippen LogP contribution in [0.5, 0.6) is 0 Å². The summed E-state index contributed by atoms with van der Waals surface area (Å²) in [6, 6.07) is -0.199. The Labute approximate surface area is 187 Å². The predicted molar refractivity (Wildman–Crippen MR) is 123 cm³/mol. The molecule has 1 N–H and O–H groups in total. The molecule has 0 bridgehead atoms. The molecule has 168 valence electrons. The molecule has 2 amide bonds. The Balaban J connectivity index is 1.91. The average Bonchev–Trinajstić information content (AvgIpc) is 3.17. The summed E-state index contributed by atoms with van der Waals surface area (Å²) >= 11 is 1.46. The van der Waals surface area contributed by atoms with Crippen LogP contribution in [0.1, 0.15) is 97.1 Å². The van der Waals surface area contributed by atoms with Gasteiger partial charge in [0.05, 0.1) is 6.04 Å². The average molecular weight is 445 g/mol. The van der Waals surface area contributed by atoms with Crippen molar-refractivity contribution < 1.29 is 9.59 Å². The van der Waals surface area contributed by atoms with E-state index in [9.17, 15) is 14.4 Å². The zero-order chi connectivity index (χ0) is 22.5. The molecule has 2 aromatic heterocycles. The highest BCUT2D eigenvalue weighted by Gasteiger charge is 2.27. The third kappa shape index (κ3) is 5.42. The van der Waals surface area contributed by atoms with Crippen molar-refractivity contribution in [2.45, 2.75) is 77.4 Å². The first kappa shape index (κ1) is 23.2. The normalized spacial score (nSPS) is 16.0. The molecule has 1 unspecified atom stereocenters. The first-order chi connectivity index (χ1) is 14.8. The summed E-state index contributed by atoms with van der Waals surface area (Å²) < 4.78 is 1.76. The first-order valence-electron chi connectivity index (χ1n) is 11.0. The smallest absolute Gasteiger partial charge is 0.259 e. The lowest BCUT2D eigenvalue weighted by Crippen LogP contribution is -2.40. The molecule has 0 aromatic carbocycles. The minimum absolute atomic E-state index is 0.00160. The van der Waals surface area contributed by atoms with Crippen LogP contribution in [0.15, 0.2) is 28.8 Å². The molecule has 1 aliphatic rings. The number of hydrogen-bond acceptors (Lipinski definition) is 5. The highest BCUT2D eigenvalue weighted by atomic mass is 32.1. The number of rotatable bonds is 6. The van der Waals surface area contributed by atoms with E-state index in [1.54, 1.807) is 30.2 Å². The van der Waals surface area contributed by atoms with Gasteiger partial charge in [0, 0.05) is 43.1 Å². The van der Waals surface area contributed by atoms with Crippen LogP contribution in [0.4, 0.5) is 0 Å². The van der Waals surface area contributed by atoms with E-state index in [0.29, 0.717) is 0 Å². The third-order valence-electron chi connectivity index (χ3n) is 6.02. The van der Waals surface area contributed by atoms with Crippen molar-refractivity contribution in [1.29, 1.82) is 0 Å². The van der Waals surface area contributed by atoms with Crippen LogP contribution in [-0.4, -0.2) is 39.4 Å². The van der Waals surface area contributed by atoms with Crippen LogP contribution >= 0.6 is 11.3 Å². The topological polar surface area (TPSA) is 84.3 Å². The summed E-state index contributed by atoms with van der Waals surface area (Å²) in [7, 11) is 1.66. The van der Waals surface area contributed by atoms with E-state index < -0.39 is 17.2 Å². The minimum Gasteiger partial charge on any atom is -0.350 e. The Morgan fingerprint density at radius 2 is 1.77 bits per heavy atom. The number of aromatic nitrogens is 2. The van der Waals surface area contributed by atoms with Crippen molar-refractivity contribution in [2.24, 2.45) is 0 Å². The zero-order valence-corrected chi connectivity index (χ0v) is 19.6. The summed E-state index contributed by atoms with van der Waals surface area (Å²) in [5, 5.41) is 5.69. The SMILES string of the molecule is CC(c1nccs1)N(C)C(=O)c1cn(C(C)C)cc(C(=O)NC2CCCCCC2)c1=O. The van der Waals surface area contributed by atoms with Gasteiger partial charge in [-0.1, -0.05) is 25.7 Å². The second-order valence-corrected chi connectivity index (χ2v) is 9.51. The van der Waals surface area contributed by atoms with Gasteiger partial charge in [0.15, 0.2) is 0 Å². The quantitative estimate of drug-likeness (QED) is 0.678. The van der Waals surface area contributed by atoms with E-state index in [4.69, 9.17) is 0 Å². The fourth-order valence-corrected chi connectivity index (χ4v) is 4.61. The van der Waals surface area contributed by atoms with Crippen LogP contribution in [-0.2, 0) is 0 Å². The van der Waals surface area contributed by atoms with Crippen LogP contribution in [0, 0.1) is 0 Å². The molecular formula is C23H32N4O3S. The molecule has 31 heavy (non-hydrogen) atoms. The maximum absolute atomic E-state index is 13.2. The van der Waals surface area contributed by atoms with Crippen molar-refractivity contribution in [3.05, 3.63) is 50.3 Å². The molecule has 7 nitrogen and oxygen atoms in total. The van der Waals surface area contributed by atoms with E-state index >= 15 is 0 Å². The predicted octanol–water partition coefficient (Wildman–Crippen LogP) is 4.17. The van der Waals surface area contributed by atoms with Crippen LogP contribution < -0.4 is 10.7 Å². The molecule has 0 radical (unpaired) electrons. The lowest BCUT2D eigenvalue weighted by molar-refractivity contribution is 0.0740. The largest absolute Gasteiger partial charge is 0.350 e. The van der Waals surface area contributed by atoms with Crippen molar-refractivity contribution in [2.75, 3.05) is 7.05 Å². The van der Waals surface area contributed by atoms with Crippen molar-refractivity contribution in [1.82, 2.24) is 19.8 Å². The molecule has 0 spiro atoms. The molecule has 1 aliphatic carbocycles. The Morgan fingerprint density at radius 3 is 2.35 bits per heavy atom. The summed E-state index contributed by atoms with van der Waals surface area (Å²) in [5.74, 6) is -0.803. The molecule has 2 heterocycles. The van der Waals surface area contributed by atoms with Crippen LogP contribution in [0.2, 0.25) is 0 Å². The van der Waals surface area contributed by atoms with Crippen LogP contribution in [0.25, 0.3) is 0 Å². The Morgan fingerprint density at radius 1 is 1.13 bits per heavy atom. The summed E-state index contributed by atoms with van der Waals surface area (Å²) in [4.78, 5) is 45.3. The fraction of sp³-hybridized carbons (Fsp3) is 0.565. The van der Waals surface area contributed by atoms with E-state index in [2.05, 4.69) is 10.3 Å². The number of thiazole rings is 1. The van der Waals surface area contributed by atoms with Crippen molar-refractivity contribution in [3.63, 3.8) is 0 Å². The number of nitrogens with one attached hydrogen (secondary N) is 1. The number of nitrogens with zero attached hydrogens (tertiary/aromatic N) is 3. The van der Waals surface area contributed by atoms with Gasteiger partial charge in [0.25, 0.3) is 11.8 Å². The standard InChI is InChI=1S/C23H32N4O3S/c1-15(2)27-13-18(21(29)25-17-9-7-5-6-8-10-17)20(28)19(14-27)23(30)26(4)16(3)22-24-11-12-31-22/h11-17H,5-10H2,1-4H3,(H,25,29). The van der Waals surface area contributed by atoms with Gasteiger partial charge in [-0.3, -0.25) is 14.4 Å². The van der Waals surface area contributed by atoms with Gasteiger partial charge in [0.2, 0.25) is 5.43 Å². The second-order valence-electron chi connectivity index (χ2n) is 8.58. The van der Waals surface area contributed by atoms with E-state index in [1.807, 2.05) is 26.2 Å². The molecule has 2 aromatic rings. The molecule has 1 fully saturated rings. The fourth-order valence-electron chi connectivity index (χ4n) is 3.87. The minimum atomic E-state index is -0.522. The summed E-state index contributed by atoms with van der Waals surface area (Å²) in [6.07, 6.45) is 11.2. The molecule has 8 heteroatoms. The summed E-state index contributed by atoms with van der Waals surface area (Å²) in [6.45, 7) is 5.78. The monoisotopic (exact) mass is 444 g/mol. The molecular weight excluding hydrogens is 412 g/mol. The lowest BCUT2D eigenvalue weighted by atomic mass is 10.1. The molecule has 1 saturated carbocycles.